The molecule has 1 N–H and O–H groups in total. The lowest BCUT2D eigenvalue weighted by Gasteiger charge is -2.23. The Morgan fingerprint density at radius 1 is 0.977 bits per heavy atom. The number of carbonyl (C=O) groups is 3. The van der Waals surface area contributed by atoms with Gasteiger partial charge in [0.05, 0.1) is 24.3 Å². The van der Waals surface area contributed by atoms with Gasteiger partial charge in [-0.15, -0.1) is 10.2 Å². The summed E-state index contributed by atoms with van der Waals surface area (Å²) in [6, 6.07) is 25.3. The Labute approximate surface area is 262 Å². The number of nitrogens with zero attached hydrogens (tertiary/aromatic N) is 3. The lowest BCUT2D eigenvalue weighted by atomic mass is 9.93. The molecular weight excluding hydrogens is 595 g/mol. The molecule has 5 aromatic rings. The summed E-state index contributed by atoms with van der Waals surface area (Å²) in [5, 5.41) is 22.7. The van der Waals surface area contributed by atoms with Crippen molar-refractivity contribution < 1.29 is 24.2 Å². The van der Waals surface area contributed by atoms with Crippen LogP contribution in [-0.4, -0.2) is 40.1 Å². The Hall–Kier alpha value is -4.80. The molecule has 0 saturated carbocycles. The zero-order valence-corrected chi connectivity index (χ0v) is 25.7. The molecule has 4 aromatic carbocycles. The highest BCUT2D eigenvalue weighted by Gasteiger charge is 2.48. The maximum Gasteiger partial charge on any atom is 0.337 e. The summed E-state index contributed by atoms with van der Waals surface area (Å²) in [5.41, 5.74) is 4.01. The molecule has 2 heterocycles. The average molecular weight is 622 g/mol. The largest absolute Gasteiger partial charge is 0.507 e. The number of aliphatic hydroxyl groups excluding tert-OH is 1. The highest BCUT2D eigenvalue weighted by Crippen LogP contribution is 2.44. The van der Waals surface area contributed by atoms with Gasteiger partial charge in [0.15, 0.2) is 4.34 Å². The van der Waals surface area contributed by atoms with E-state index in [1.807, 2.05) is 44.2 Å². The number of aryl methyl sites for hydroxylation is 2. The van der Waals surface area contributed by atoms with Crippen molar-refractivity contribution in [2.24, 2.45) is 0 Å². The molecule has 1 saturated heterocycles. The lowest BCUT2D eigenvalue weighted by Crippen LogP contribution is -2.29. The van der Waals surface area contributed by atoms with Crippen molar-refractivity contribution in [1.29, 1.82) is 0 Å². The number of anilines is 1. The number of ketones is 1. The number of esters is 1. The number of rotatable bonds is 7. The second-order valence-corrected chi connectivity index (χ2v) is 12.6. The average Bonchev–Trinajstić information content (AvgIpc) is 3.62. The van der Waals surface area contributed by atoms with Crippen molar-refractivity contribution in [3.8, 4) is 0 Å². The first kappa shape index (κ1) is 29.3. The molecule has 6 rings (SSSR count). The van der Waals surface area contributed by atoms with Gasteiger partial charge >= 0.3 is 11.9 Å². The molecule has 0 spiro atoms. The monoisotopic (exact) mass is 621 g/mol. The number of aromatic nitrogens is 2. The van der Waals surface area contributed by atoms with Gasteiger partial charge in [0.2, 0.25) is 5.13 Å². The Morgan fingerprint density at radius 3 is 2.50 bits per heavy atom. The van der Waals surface area contributed by atoms with Crippen molar-refractivity contribution in [2.75, 3.05) is 12.0 Å². The number of methoxy groups -OCH3 is 1. The molecule has 10 heteroatoms. The first-order valence-corrected chi connectivity index (χ1v) is 15.6. The molecule has 0 aliphatic carbocycles. The molecule has 1 atom stereocenters. The summed E-state index contributed by atoms with van der Waals surface area (Å²) >= 11 is 2.69. The van der Waals surface area contributed by atoms with Crippen LogP contribution in [0.15, 0.2) is 94.8 Å². The van der Waals surface area contributed by atoms with Crippen LogP contribution < -0.4 is 4.90 Å². The van der Waals surface area contributed by atoms with Gasteiger partial charge in [-0.1, -0.05) is 95.4 Å². The van der Waals surface area contributed by atoms with Crippen molar-refractivity contribution in [1.82, 2.24) is 10.2 Å². The summed E-state index contributed by atoms with van der Waals surface area (Å²) in [4.78, 5) is 40.6. The molecule has 8 nitrogen and oxygen atoms in total. The molecule has 1 aliphatic heterocycles. The van der Waals surface area contributed by atoms with Crippen molar-refractivity contribution >= 4 is 62.4 Å². The number of carbonyl (C=O) groups excluding carboxylic acids is 3. The van der Waals surface area contributed by atoms with E-state index < -0.39 is 23.7 Å². The van der Waals surface area contributed by atoms with Gasteiger partial charge in [-0.3, -0.25) is 14.5 Å². The first-order chi connectivity index (χ1) is 21.3. The molecule has 1 aromatic heterocycles. The maximum atomic E-state index is 13.6. The van der Waals surface area contributed by atoms with Crippen LogP contribution in [-0.2, 0) is 20.1 Å². The minimum absolute atomic E-state index is 0.0605. The molecule has 1 aliphatic rings. The Bertz CT molecular complexity index is 1960. The third kappa shape index (κ3) is 5.38. The van der Waals surface area contributed by atoms with Gasteiger partial charge in [0.1, 0.15) is 5.76 Å². The normalized spacial score (nSPS) is 16.1. The number of benzene rings is 4. The van der Waals surface area contributed by atoms with Crippen LogP contribution in [0.5, 0.6) is 0 Å². The van der Waals surface area contributed by atoms with E-state index in [0.717, 1.165) is 27.5 Å². The molecule has 1 unspecified atom stereocenters. The minimum Gasteiger partial charge on any atom is -0.507 e. The van der Waals surface area contributed by atoms with Crippen LogP contribution in [0, 0.1) is 13.8 Å². The quantitative estimate of drug-likeness (QED) is 0.0516. The summed E-state index contributed by atoms with van der Waals surface area (Å²) in [6.07, 6.45) is 0. The van der Waals surface area contributed by atoms with Crippen LogP contribution in [0.1, 0.15) is 44.2 Å². The first-order valence-electron chi connectivity index (χ1n) is 13.8. The van der Waals surface area contributed by atoms with Crippen LogP contribution in [0.25, 0.3) is 16.5 Å². The van der Waals surface area contributed by atoms with Crippen molar-refractivity contribution in [3.05, 3.63) is 124 Å². The van der Waals surface area contributed by atoms with E-state index in [1.54, 1.807) is 30.3 Å². The summed E-state index contributed by atoms with van der Waals surface area (Å²) < 4.78 is 5.45. The number of Topliss-reactive ketones (excluding diaryl/α,β-unsaturated/α-hetero) is 1. The number of hydrogen-bond acceptors (Lipinski definition) is 9. The smallest absolute Gasteiger partial charge is 0.337 e. The third-order valence-corrected chi connectivity index (χ3v) is 9.68. The maximum absolute atomic E-state index is 13.6. The Kier molecular flexibility index (Phi) is 8.03. The lowest BCUT2D eigenvalue weighted by molar-refractivity contribution is -0.132. The second kappa shape index (κ2) is 12.1. The predicted molar refractivity (Wildman–Crippen MR) is 172 cm³/mol. The van der Waals surface area contributed by atoms with Crippen LogP contribution in [0.4, 0.5) is 5.13 Å². The van der Waals surface area contributed by atoms with Crippen LogP contribution in [0.3, 0.4) is 0 Å². The molecule has 0 bridgehead atoms. The molecule has 1 amide bonds. The standard InChI is InChI=1S/C34H27N3O5S2/c1-19-11-12-20(2)26(17-19)29(38)27-28(22-13-15-23(16-14-22)32(41)42-3)37(31(40)30(27)39)33-35-36-34(44-33)43-18-24-9-6-8-21-7-4-5-10-25(21)24/h4-17,28,38H,18H2,1-3H3/b29-27+. The topological polar surface area (TPSA) is 110 Å². The van der Waals surface area contributed by atoms with Gasteiger partial charge in [0, 0.05) is 11.3 Å². The predicted octanol–water partition coefficient (Wildman–Crippen LogP) is 7.01. The molecule has 0 radical (unpaired) electrons. The molecule has 220 valence electrons. The van der Waals surface area contributed by atoms with Gasteiger partial charge in [-0.25, -0.2) is 4.79 Å². The van der Waals surface area contributed by atoms with E-state index in [2.05, 4.69) is 34.5 Å². The number of thioether (sulfide) groups is 1. The zero-order valence-electron chi connectivity index (χ0n) is 24.1. The highest BCUT2D eigenvalue weighted by atomic mass is 32.2. The van der Waals surface area contributed by atoms with Gasteiger partial charge in [0.25, 0.3) is 5.78 Å². The third-order valence-electron chi connectivity index (χ3n) is 7.57. The number of ether oxygens (including phenoxy) is 1. The Balaban J connectivity index is 1.40. The van der Waals surface area contributed by atoms with Crippen LogP contribution >= 0.6 is 23.1 Å². The Morgan fingerprint density at radius 2 is 1.73 bits per heavy atom. The minimum atomic E-state index is -0.995. The number of amides is 1. The zero-order chi connectivity index (χ0) is 31.0. The molecule has 44 heavy (non-hydrogen) atoms. The fourth-order valence-electron chi connectivity index (χ4n) is 5.32. The second-order valence-electron chi connectivity index (χ2n) is 10.4. The van der Waals surface area contributed by atoms with E-state index in [9.17, 15) is 19.5 Å². The number of hydrogen-bond donors (Lipinski definition) is 1. The number of aliphatic hydroxyl groups is 1. The SMILES string of the molecule is COC(=O)c1ccc(C2/C(=C(\O)c3cc(C)ccc3C)C(=O)C(=O)N2c2nnc(SCc3cccc4ccccc34)s2)cc1. The summed E-state index contributed by atoms with van der Waals surface area (Å²) in [7, 11) is 1.29. The fourth-order valence-corrected chi connectivity index (χ4v) is 7.19. The summed E-state index contributed by atoms with van der Waals surface area (Å²) in [6.45, 7) is 3.71. The van der Waals surface area contributed by atoms with Gasteiger partial charge in [-0.2, -0.15) is 0 Å². The number of fused-ring (bicyclic) bond motifs is 1. The van der Waals surface area contributed by atoms with Gasteiger partial charge in [-0.05, 0) is 59.5 Å². The molecular formula is C34H27N3O5S2. The fraction of sp³-hybridized carbons (Fsp3) is 0.147. The highest BCUT2D eigenvalue weighted by molar-refractivity contribution is 8.00. The summed E-state index contributed by atoms with van der Waals surface area (Å²) in [5.74, 6) is -1.80. The van der Waals surface area contributed by atoms with E-state index in [0.29, 0.717) is 26.8 Å². The van der Waals surface area contributed by atoms with Crippen molar-refractivity contribution in [3.63, 3.8) is 0 Å². The van der Waals surface area contributed by atoms with Crippen molar-refractivity contribution in [2.45, 2.75) is 30.0 Å². The van der Waals surface area contributed by atoms with E-state index in [-0.39, 0.29) is 16.5 Å². The van der Waals surface area contributed by atoms with E-state index >= 15 is 0 Å². The van der Waals surface area contributed by atoms with Crippen LogP contribution in [0.2, 0.25) is 0 Å². The molecule has 1 fully saturated rings. The van der Waals surface area contributed by atoms with Gasteiger partial charge < -0.3 is 9.84 Å². The van der Waals surface area contributed by atoms with E-state index in [4.69, 9.17) is 4.74 Å². The van der Waals surface area contributed by atoms with E-state index in [1.165, 1.54) is 35.1 Å².